The third kappa shape index (κ3) is 2.97. The highest BCUT2D eigenvalue weighted by Gasteiger charge is 2.34. The number of para-hydroxylation sites is 1. The van der Waals surface area contributed by atoms with Crippen LogP contribution in [0.25, 0.3) is 33.1 Å². The molecule has 0 aliphatic carbocycles. The minimum Gasteiger partial charge on any atom is -0.464 e. The average molecular weight is 454 g/mol. The highest BCUT2D eigenvalue weighted by molar-refractivity contribution is 5.90. The molecule has 0 amide bonds. The van der Waals surface area contributed by atoms with Crippen LogP contribution in [0.5, 0.6) is 5.75 Å². The van der Waals surface area contributed by atoms with Gasteiger partial charge in [0.25, 0.3) is 0 Å². The molecule has 166 valence electrons. The summed E-state index contributed by atoms with van der Waals surface area (Å²) in [7, 11) is 0. The maximum Gasteiger partial charge on any atom is 0.312 e. The lowest BCUT2D eigenvalue weighted by molar-refractivity contribution is -0.135. The van der Waals surface area contributed by atoms with Crippen LogP contribution in [0.4, 0.5) is 4.39 Å². The largest absolute Gasteiger partial charge is 0.464 e. The average Bonchev–Trinajstić information content (AvgIpc) is 2.84. The quantitative estimate of drug-likeness (QED) is 0.271. The first-order chi connectivity index (χ1) is 16.5. The molecule has 0 saturated carbocycles. The fourth-order valence-electron chi connectivity index (χ4n) is 4.52. The molecule has 1 aliphatic heterocycles. The van der Waals surface area contributed by atoms with E-state index >= 15 is 0 Å². The van der Waals surface area contributed by atoms with E-state index in [9.17, 15) is 18.8 Å². The van der Waals surface area contributed by atoms with E-state index in [1.807, 2.05) is 0 Å². The molecule has 6 rings (SSSR count). The summed E-state index contributed by atoms with van der Waals surface area (Å²) in [5.74, 6) is -1.62. The maximum absolute atomic E-state index is 14.3. The molecule has 7 heteroatoms. The van der Waals surface area contributed by atoms with Crippen molar-refractivity contribution in [2.45, 2.75) is 12.3 Å². The van der Waals surface area contributed by atoms with Crippen LogP contribution in [0.1, 0.15) is 23.5 Å². The summed E-state index contributed by atoms with van der Waals surface area (Å²) in [4.78, 5) is 39.0. The van der Waals surface area contributed by atoms with Crippen LogP contribution in [0.3, 0.4) is 0 Å². The molecule has 3 aromatic carbocycles. The van der Waals surface area contributed by atoms with Crippen molar-refractivity contribution in [2.24, 2.45) is 0 Å². The number of ether oxygens (including phenoxy) is 1. The Balaban J connectivity index is 1.61. The van der Waals surface area contributed by atoms with Gasteiger partial charge in [-0.15, -0.1) is 0 Å². The fourth-order valence-corrected chi connectivity index (χ4v) is 4.52. The van der Waals surface area contributed by atoms with Crippen molar-refractivity contribution in [2.75, 3.05) is 0 Å². The molecule has 0 saturated heterocycles. The van der Waals surface area contributed by atoms with Gasteiger partial charge in [0.2, 0.25) is 5.43 Å². The van der Waals surface area contributed by atoms with Gasteiger partial charge < -0.3 is 13.6 Å². The van der Waals surface area contributed by atoms with Crippen molar-refractivity contribution >= 4 is 27.9 Å². The van der Waals surface area contributed by atoms with Crippen molar-refractivity contribution < 1.29 is 22.8 Å². The fraction of sp³-hybridized carbons (Fsp3) is 0.0741. The monoisotopic (exact) mass is 454 g/mol. The molecule has 0 radical (unpaired) electrons. The van der Waals surface area contributed by atoms with Crippen molar-refractivity contribution in [1.29, 1.82) is 0 Å². The van der Waals surface area contributed by atoms with Crippen LogP contribution in [0, 0.1) is 5.82 Å². The Labute approximate surface area is 190 Å². The summed E-state index contributed by atoms with van der Waals surface area (Å²) in [6.45, 7) is 0. The molecule has 0 bridgehead atoms. The van der Waals surface area contributed by atoms with E-state index in [0.717, 1.165) is 0 Å². The SMILES string of the molecule is O=C1C[C@H](c2coc3ccccc3c2=O)c2c(ccc3c(=O)c(-c4ccccc4F)coc23)O1. The van der Waals surface area contributed by atoms with Crippen molar-refractivity contribution in [1.82, 2.24) is 0 Å². The lowest BCUT2D eigenvalue weighted by atomic mass is 9.85. The Bertz CT molecular complexity index is 1750. The van der Waals surface area contributed by atoms with Crippen LogP contribution < -0.4 is 15.6 Å². The molecule has 0 spiro atoms. The Morgan fingerprint density at radius 2 is 1.56 bits per heavy atom. The summed E-state index contributed by atoms with van der Waals surface area (Å²) >= 11 is 0. The predicted molar refractivity (Wildman–Crippen MR) is 122 cm³/mol. The molecule has 0 fully saturated rings. The van der Waals surface area contributed by atoms with Gasteiger partial charge in [-0.25, -0.2) is 4.39 Å². The van der Waals surface area contributed by atoms with E-state index in [-0.39, 0.29) is 45.3 Å². The molecule has 3 heterocycles. The minimum absolute atomic E-state index is 0.0696. The molecule has 0 N–H and O–H groups in total. The third-order valence-corrected chi connectivity index (χ3v) is 6.13. The maximum atomic E-state index is 14.3. The summed E-state index contributed by atoms with van der Waals surface area (Å²) in [6.07, 6.45) is 2.40. The number of esters is 1. The number of rotatable bonds is 2. The van der Waals surface area contributed by atoms with Crippen LogP contribution in [-0.4, -0.2) is 5.97 Å². The zero-order chi connectivity index (χ0) is 23.4. The first kappa shape index (κ1) is 20.1. The topological polar surface area (TPSA) is 86.7 Å². The first-order valence-electron chi connectivity index (χ1n) is 10.6. The van der Waals surface area contributed by atoms with E-state index < -0.39 is 23.1 Å². The third-order valence-electron chi connectivity index (χ3n) is 6.13. The summed E-state index contributed by atoms with van der Waals surface area (Å²) in [6, 6.07) is 15.7. The van der Waals surface area contributed by atoms with Gasteiger partial charge in [-0.1, -0.05) is 30.3 Å². The molecular formula is C27H15FO6. The number of carbonyl (C=O) groups excluding carboxylic acids is 1. The summed E-state index contributed by atoms with van der Waals surface area (Å²) in [5, 5.41) is 0.566. The molecule has 1 aliphatic rings. The zero-order valence-corrected chi connectivity index (χ0v) is 17.5. The number of hydrogen-bond donors (Lipinski definition) is 0. The van der Waals surface area contributed by atoms with E-state index in [0.29, 0.717) is 16.5 Å². The number of fused-ring (bicyclic) bond motifs is 4. The van der Waals surface area contributed by atoms with Gasteiger partial charge in [0.15, 0.2) is 5.43 Å². The molecule has 6 nitrogen and oxygen atoms in total. The molecule has 5 aromatic rings. The second-order valence-corrected chi connectivity index (χ2v) is 8.06. The first-order valence-corrected chi connectivity index (χ1v) is 10.6. The molecule has 0 unspecified atom stereocenters. The highest BCUT2D eigenvalue weighted by Crippen LogP contribution is 2.42. The van der Waals surface area contributed by atoms with Crippen LogP contribution in [0.15, 0.2) is 91.6 Å². The van der Waals surface area contributed by atoms with Gasteiger partial charge in [-0.2, -0.15) is 0 Å². The lowest BCUT2D eigenvalue weighted by Crippen LogP contribution is -2.25. The predicted octanol–water partition coefficient (Wildman–Crippen LogP) is 5.15. The summed E-state index contributed by atoms with van der Waals surface area (Å²) < 4.78 is 31.3. The van der Waals surface area contributed by atoms with Crippen molar-refractivity contribution in [3.05, 3.63) is 111 Å². The van der Waals surface area contributed by atoms with Crippen molar-refractivity contribution in [3.63, 3.8) is 0 Å². The number of halogens is 1. The van der Waals surface area contributed by atoms with Gasteiger partial charge >= 0.3 is 5.97 Å². The van der Waals surface area contributed by atoms with Gasteiger partial charge in [-0.05, 0) is 30.3 Å². The molecule has 1 atom stereocenters. The van der Waals surface area contributed by atoms with Crippen LogP contribution >= 0.6 is 0 Å². The lowest BCUT2D eigenvalue weighted by Gasteiger charge is -2.25. The molecular weight excluding hydrogens is 439 g/mol. The molecule has 2 aromatic heterocycles. The zero-order valence-electron chi connectivity index (χ0n) is 17.5. The van der Waals surface area contributed by atoms with Gasteiger partial charge in [0, 0.05) is 22.6 Å². The molecule has 34 heavy (non-hydrogen) atoms. The van der Waals surface area contributed by atoms with E-state index in [1.54, 1.807) is 30.3 Å². The number of hydrogen-bond acceptors (Lipinski definition) is 6. The van der Waals surface area contributed by atoms with E-state index in [4.69, 9.17) is 13.6 Å². The Morgan fingerprint density at radius 3 is 2.41 bits per heavy atom. The van der Waals surface area contributed by atoms with E-state index in [1.165, 1.54) is 42.9 Å². The second-order valence-electron chi connectivity index (χ2n) is 8.06. The van der Waals surface area contributed by atoms with Crippen LogP contribution in [-0.2, 0) is 4.79 Å². The highest BCUT2D eigenvalue weighted by atomic mass is 19.1. The normalized spacial score (nSPS) is 15.3. The van der Waals surface area contributed by atoms with Gasteiger partial charge in [0.05, 0.1) is 29.0 Å². The minimum atomic E-state index is -0.747. The van der Waals surface area contributed by atoms with Crippen LogP contribution in [0.2, 0.25) is 0 Å². The Morgan fingerprint density at radius 1 is 0.765 bits per heavy atom. The number of benzene rings is 3. The second kappa shape index (κ2) is 7.52. The Kier molecular flexibility index (Phi) is 4.45. The van der Waals surface area contributed by atoms with Crippen molar-refractivity contribution in [3.8, 4) is 16.9 Å². The van der Waals surface area contributed by atoms with E-state index in [2.05, 4.69) is 0 Å². The smallest absolute Gasteiger partial charge is 0.312 e. The Hall–Kier alpha value is -4.52. The number of carbonyl (C=O) groups is 1. The van der Waals surface area contributed by atoms with Gasteiger partial charge in [-0.3, -0.25) is 14.4 Å². The van der Waals surface area contributed by atoms with Gasteiger partial charge in [0.1, 0.15) is 29.0 Å². The summed E-state index contributed by atoms with van der Waals surface area (Å²) in [5.41, 5.74) is 0.725. The standard InChI is InChI=1S/C27H15FO6/c28-20-7-3-1-5-14(20)18-13-33-27-16(26(18)31)9-10-22-24(27)17(11-23(29)34-22)19-12-32-21-8-4-2-6-15(21)25(19)30/h1-10,12-13,17H,11H2/t17-/m1/s1.